The molecule has 2 aromatic carbocycles. The van der Waals surface area contributed by atoms with Gasteiger partial charge in [-0.05, 0) is 24.3 Å². The molecular formula is C23H25N5O8. The molecule has 190 valence electrons. The number of carboxylic acid groups (broad SMARTS) is 1. The van der Waals surface area contributed by atoms with Crippen LogP contribution in [0.1, 0.15) is 28.4 Å². The highest BCUT2D eigenvalue weighted by Crippen LogP contribution is 2.40. The predicted octanol–water partition coefficient (Wildman–Crippen LogP) is -0.0851. The summed E-state index contributed by atoms with van der Waals surface area (Å²) in [6.07, 6.45) is -1.06. The first kappa shape index (κ1) is 24.6. The molecule has 2 atom stereocenters. The molecule has 0 fully saturated rings. The van der Waals surface area contributed by atoms with Gasteiger partial charge in [-0.15, -0.1) is 0 Å². The summed E-state index contributed by atoms with van der Waals surface area (Å²) >= 11 is 0. The molecular weight excluding hydrogens is 474 g/mol. The standard InChI is InChI=1S/C23H25N5O8/c29-14-8-25-23(26-9-14)27-13-3-1-2-12(4-13)22(34)24-10-20(31)28-16(6-21(32)33)15-5-18-19(7-17(15)30)36-11-35-18/h1-5,7,14,16,29-30H,6,8-11H2,(H,24,34)(H,28,31)(H,32,33)(H2,25,26,27). The molecule has 0 aliphatic carbocycles. The Balaban J connectivity index is 1.36. The number of aliphatic hydroxyl groups excluding tert-OH is 1. The number of hydrogen-bond donors (Lipinski definition) is 7. The number of hydrogen-bond acceptors (Lipinski definition) is 10. The van der Waals surface area contributed by atoms with Crippen molar-refractivity contribution in [3.05, 3.63) is 47.5 Å². The summed E-state index contributed by atoms with van der Waals surface area (Å²) in [5.41, 5.74) is 1.00. The predicted molar refractivity (Wildman–Crippen MR) is 126 cm³/mol. The number of guanidine groups is 1. The summed E-state index contributed by atoms with van der Waals surface area (Å²) in [6, 6.07) is 8.15. The molecule has 0 bridgehead atoms. The van der Waals surface area contributed by atoms with Crippen LogP contribution in [0.3, 0.4) is 0 Å². The van der Waals surface area contributed by atoms with Gasteiger partial charge in [0.2, 0.25) is 12.7 Å². The van der Waals surface area contributed by atoms with E-state index in [1.54, 1.807) is 24.3 Å². The van der Waals surface area contributed by atoms with Gasteiger partial charge in [-0.1, -0.05) is 6.07 Å². The number of benzene rings is 2. The van der Waals surface area contributed by atoms with Gasteiger partial charge in [-0.3, -0.25) is 19.4 Å². The molecule has 2 unspecified atom stereocenters. The number of aliphatic carboxylic acids is 1. The number of fused-ring (bicyclic) bond motifs is 1. The number of ether oxygens (including phenoxy) is 2. The lowest BCUT2D eigenvalue weighted by molar-refractivity contribution is -0.137. The monoisotopic (exact) mass is 499 g/mol. The number of carboxylic acids is 1. The number of aliphatic imine (C=N–C) groups is 1. The second kappa shape index (κ2) is 10.8. The molecule has 36 heavy (non-hydrogen) atoms. The van der Waals surface area contributed by atoms with E-state index >= 15 is 0 Å². The molecule has 2 aliphatic rings. The summed E-state index contributed by atoms with van der Waals surface area (Å²) in [5.74, 6) is -1.54. The van der Waals surface area contributed by atoms with Crippen molar-refractivity contribution >= 4 is 29.4 Å². The zero-order valence-corrected chi connectivity index (χ0v) is 19.0. The van der Waals surface area contributed by atoms with Gasteiger partial charge in [0.25, 0.3) is 5.91 Å². The Hall–Kier alpha value is -4.52. The smallest absolute Gasteiger partial charge is 0.305 e. The number of phenols is 1. The molecule has 0 saturated carbocycles. The van der Waals surface area contributed by atoms with Gasteiger partial charge in [0.1, 0.15) is 5.75 Å². The minimum absolute atomic E-state index is 0.0370. The Bertz CT molecular complexity index is 1200. The Labute approximate surface area is 205 Å². The number of rotatable bonds is 8. The van der Waals surface area contributed by atoms with Crippen LogP contribution < -0.4 is 30.7 Å². The van der Waals surface area contributed by atoms with Crippen molar-refractivity contribution < 1.29 is 39.2 Å². The van der Waals surface area contributed by atoms with Gasteiger partial charge in [-0.2, -0.15) is 0 Å². The molecule has 0 saturated heterocycles. The van der Waals surface area contributed by atoms with Gasteiger partial charge >= 0.3 is 5.97 Å². The van der Waals surface area contributed by atoms with Crippen molar-refractivity contribution in [1.29, 1.82) is 0 Å². The number of carbonyl (C=O) groups excluding carboxylic acids is 2. The number of aliphatic hydroxyl groups is 1. The van der Waals surface area contributed by atoms with Crippen molar-refractivity contribution in [2.45, 2.75) is 18.6 Å². The summed E-state index contributed by atoms with van der Waals surface area (Å²) in [7, 11) is 0. The molecule has 2 heterocycles. The fraction of sp³-hybridized carbons (Fsp3) is 0.304. The molecule has 2 amide bonds. The minimum Gasteiger partial charge on any atom is -0.507 e. The van der Waals surface area contributed by atoms with Crippen LogP contribution >= 0.6 is 0 Å². The molecule has 0 radical (unpaired) electrons. The zero-order chi connectivity index (χ0) is 25.7. The maximum atomic E-state index is 12.6. The van der Waals surface area contributed by atoms with Crippen molar-refractivity contribution in [3.63, 3.8) is 0 Å². The first-order chi connectivity index (χ1) is 17.3. The van der Waals surface area contributed by atoms with Crippen molar-refractivity contribution in [2.75, 3.05) is 31.7 Å². The quantitative estimate of drug-likeness (QED) is 0.258. The average Bonchev–Trinajstić information content (AvgIpc) is 3.30. The number of aromatic hydroxyl groups is 1. The Morgan fingerprint density at radius 2 is 1.94 bits per heavy atom. The third kappa shape index (κ3) is 6.13. The number of phenolic OH excluding ortho intramolecular Hbond substituents is 1. The van der Waals surface area contributed by atoms with Gasteiger partial charge in [0.15, 0.2) is 17.5 Å². The van der Waals surface area contributed by atoms with E-state index in [4.69, 9.17) is 9.47 Å². The second-order valence-corrected chi connectivity index (χ2v) is 8.09. The summed E-state index contributed by atoms with van der Waals surface area (Å²) < 4.78 is 10.4. The van der Waals surface area contributed by atoms with Crippen LogP contribution in [0.25, 0.3) is 0 Å². The summed E-state index contributed by atoms with van der Waals surface area (Å²) in [4.78, 5) is 40.6. The van der Waals surface area contributed by atoms with Crippen LogP contribution in [0.5, 0.6) is 17.2 Å². The van der Waals surface area contributed by atoms with E-state index in [1.165, 1.54) is 12.1 Å². The van der Waals surface area contributed by atoms with Crippen LogP contribution in [0.2, 0.25) is 0 Å². The molecule has 0 aromatic heterocycles. The number of nitrogens with one attached hydrogen (secondary N) is 4. The van der Waals surface area contributed by atoms with Crippen molar-refractivity contribution in [1.82, 2.24) is 16.0 Å². The molecule has 2 aliphatic heterocycles. The lowest BCUT2D eigenvalue weighted by Crippen LogP contribution is -2.42. The van der Waals surface area contributed by atoms with E-state index in [2.05, 4.69) is 26.3 Å². The van der Waals surface area contributed by atoms with Gasteiger partial charge in [-0.25, -0.2) is 0 Å². The van der Waals surface area contributed by atoms with Gasteiger partial charge < -0.3 is 46.1 Å². The topological polar surface area (TPSA) is 191 Å². The summed E-state index contributed by atoms with van der Waals surface area (Å²) in [6.45, 7) is 0.153. The Kier molecular flexibility index (Phi) is 7.39. The molecule has 7 N–H and O–H groups in total. The zero-order valence-electron chi connectivity index (χ0n) is 19.0. The molecule has 13 heteroatoms. The van der Waals surface area contributed by atoms with E-state index in [9.17, 15) is 29.7 Å². The normalized spacial score (nSPS) is 16.8. The number of carbonyl (C=O) groups is 3. The number of β-amino-alcohol motifs (C(OH)–C–C–N with tert-alkyl or cyclic N) is 1. The van der Waals surface area contributed by atoms with Crippen molar-refractivity contribution in [3.8, 4) is 17.2 Å². The Morgan fingerprint density at radius 3 is 2.67 bits per heavy atom. The highest BCUT2D eigenvalue weighted by atomic mass is 16.7. The fourth-order valence-corrected chi connectivity index (χ4v) is 3.64. The largest absolute Gasteiger partial charge is 0.507 e. The third-order valence-corrected chi connectivity index (χ3v) is 5.37. The third-order valence-electron chi connectivity index (χ3n) is 5.37. The first-order valence-electron chi connectivity index (χ1n) is 11.0. The number of amides is 2. The highest BCUT2D eigenvalue weighted by Gasteiger charge is 2.25. The van der Waals surface area contributed by atoms with E-state index in [1.807, 2.05) is 0 Å². The Morgan fingerprint density at radius 1 is 1.17 bits per heavy atom. The lowest BCUT2D eigenvalue weighted by atomic mass is 10.0. The minimum atomic E-state index is -1.20. The highest BCUT2D eigenvalue weighted by molar-refractivity contribution is 5.99. The van der Waals surface area contributed by atoms with Crippen molar-refractivity contribution in [2.24, 2.45) is 4.99 Å². The van der Waals surface area contributed by atoms with Crippen LogP contribution in [-0.4, -0.2) is 71.6 Å². The maximum absolute atomic E-state index is 12.6. The lowest BCUT2D eigenvalue weighted by Gasteiger charge is -2.20. The SMILES string of the molecule is O=C(O)CC(NC(=O)CNC(=O)c1cccc(NC2=NCC(O)CN2)c1)c1cc2c(cc1O)OCO2. The fourth-order valence-electron chi connectivity index (χ4n) is 3.64. The van der Waals surface area contributed by atoms with E-state index in [-0.39, 0.29) is 30.2 Å². The molecule has 2 aromatic rings. The number of anilines is 1. The van der Waals surface area contributed by atoms with E-state index in [0.717, 1.165) is 0 Å². The molecule has 4 rings (SSSR count). The average molecular weight is 499 g/mol. The van der Waals surface area contributed by atoms with Gasteiger partial charge in [0.05, 0.1) is 31.7 Å². The van der Waals surface area contributed by atoms with Crippen LogP contribution in [0.4, 0.5) is 5.69 Å². The van der Waals surface area contributed by atoms with Crippen LogP contribution in [0, 0.1) is 0 Å². The maximum Gasteiger partial charge on any atom is 0.305 e. The first-order valence-corrected chi connectivity index (χ1v) is 11.0. The van der Waals surface area contributed by atoms with Gasteiger partial charge in [0, 0.05) is 29.4 Å². The second-order valence-electron chi connectivity index (χ2n) is 8.09. The number of nitrogens with zero attached hydrogens (tertiary/aromatic N) is 1. The van der Waals surface area contributed by atoms with E-state index in [0.29, 0.717) is 29.7 Å². The molecule has 13 nitrogen and oxygen atoms in total. The van der Waals surface area contributed by atoms with Crippen LogP contribution in [0.15, 0.2) is 41.4 Å². The summed E-state index contributed by atoms with van der Waals surface area (Å²) in [5, 5.41) is 40.0. The van der Waals surface area contributed by atoms with E-state index < -0.39 is 42.9 Å². The van der Waals surface area contributed by atoms with Crippen LogP contribution in [-0.2, 0) is 9.59 Å². The molecule has 0 spiro atoms.